The Kier molecular flexibility index (Phi) is 5.82. The summed E-state index contributed by atoms with van der Waals surface area (Å²) < 4.78 is 1.14. The molecule has 1 fully saturated rings. The fourth-order valence-corrected chi connectivity index (χ4v) is 3.12. The summed E-state index contributed by atoms with van der Waals surface area (Å²) in [6.07, 6.45) is 0. The van der Waals surface area contributed by atoms with Gasteiger partial charge in [0.1, 0.15) is 0 Å². The van der Waals surface area contributed by atoms with Crippen LogP contribution in [0.1, 0.15) is 18.5 Å². The molecule has 2 N–H and O–H groups in total. The number of hydrogen-bond donors (Lipinski definition) is 2. The maximum Gasteiger partial charge on any atom is 0.0355 e. The summed E-state index contributed by atoms with van der Waals surface area (Å²) in [5.74, 6) is 0.601. The SMILES string of the molecule is CNC(c1ccc(Br)cc1)C(C)CN1CCNCC1. The summed E-state index contributed by atoms with van der Waals surface area (Å²) in [5.41, 5.74) is 1.37. The first-order chi connectivity index (χ1) is 9.20. The molecule has 19 heavy (non-hydrogen) atoms. The van der Waals surface area contributed by atoms with Crippen molar-refractivity contribution in [1.29, 1.82) is 0 Å². The lowest BCUT2D eigenvalue weighted by Gasteiger charge is -2.33. The van der Waals surface area contributed by atoms with E-state index in [4.69, 9.17) is 0 Å². The number of rotatable bonds is 5. The maximum absolute atomic E-state index is 3.50. The first-order valence-electron chi connectivity index (χ1n) is 7.06. The smallest absolute Gasteiger partial charge is 0.0355 e. The monoisotopic (exact) mass is 325 g/mol. The molecule has 2 atom stereocenters. The van der Waals surface area contributed by atoms with Crippen LogP contribution < -0.4 is 10.6 Å². The molecule has 1 aliphatic rings. The quantitative estimate of drug-likeness (QED) is 0.869. The van der Waals surface area contributed by atoms with Gasteiger partial charge in [0.05, 0.1) is 0 Å². The van der Waals surface area contributed by atoms with Crippen molar-refractivity contribution in [2.75, 3.05) is 39.8 Å². The third-order valence-corrected chi connectivity index (χ3v) is 4.39. The number of benzene rings is 1. The molecule has 1 aliphatic heterocycles. The Morgan fingerprint density at radius 1 is 1.26 bits per heavy atom. The second-order valence-electron chi connectivity index (χ2n) is 5.35. The molecule has 1 aromatic rings. The van der Waals surface area contributed by atoms with Gasteiger partial charge in [0.15, 0.2) is 0 Å². The number of halogens is 1. The molecule has 106 valence electrons. The molecule has 4 heteroatoms. The van der Waals surface area contributed by atoms with E-state index in [-0.39, 0.29) is 0 Å². The Labute approximate surface area is 124 Å². The molecule has 1 saturated heterocycles. The number of hydrogen-bond acceptors (Lipinski definition) is 3. The molecule has 0 spiro atoms. The molecule has 2 rings (SSSR count). The molecule has 0 saturated carbocycles. The molecule has 0 amide bonds. The van der Waals surface area contributed by atoms with Gasteiger partial charge in [0, 0.05) is 43.2 Å². The molecule has 1 heterocycles. The van der Waals surface area contributed by atoms with Crippen LogP contribution in [0.25, 0.3) is 0 Å². The highest BCUT2D eigenvalue weighted by atomic mass is 79.9. The van der Waals surface area contributed by atoms with E-state index in [2.05, 4.69) is 69.7 Å². The summed E-state index contributed by atoms with van der Waals surface area (Å²) in [6.45, 7) is 8.07. The molecular weight excluding hydrogens is 302 g/mol. The van der Waals surface area contributed by atoms with E-state index in [1.165, 1.54) is 18.7 Å². The van der Waals surface area contributed by atoms with Crippen molar-refractivity contribution >= 4 is 15.9 Å². The molecule has 1 aromatic carbocycles. The Balaban J connectivity index is 1.97. The second kappa shape index (κ2) is 7.39. The molecular formula is C15H24BrN3. The topological polar surface area (TPSA) is 27.3 Å². The van der Waals surface area contributed by atoms with Gasteiger partial charge in [0.2, 0.25) is 0 Å². The highest BCUT2D eigenvalue weighted by Crippen LogP contribution is 2.24. The van der Waals surface area contributed by atoms with Gasteiger partial charge in [-0.25, -0.2) is 0 Å². The fourth-order valence-electron chi connectivity index (χ4n) is 2.86. The van der Waals surface area contributed by atoms with Crippen LogP contribution in [0.5, 0.6) is 0 Å². The van der Waals surface area contributed by atoms with Crippen LogP contribution >= 0.6 is 15.9 Å². The predicted molar refractivity (Wildman–Crippen MR) is 84.4 cm³/mol. The van der Waals surface area contributed by atoms with Crippen LogP contribution in [0.3, 0.4) is 0 Å². The summed E-state index contributed by atoms with van der Waals surface area (Å²) in [7, 11) is 2.06. The standard InChI is InChI=1S/C15H24BrN3/c1-12(11-19-9-7-18-8-10-19)15(17-2)13-3-5-14(16)6-4-13/h3-6,12,15,17-18H,7-11H2,1-2H3. The lowest BCUT2D eigenvalue weighted by molar-refractivity contribution is 0.192. The van der Waals surface area contributed by atoms with Gasteiger partial charge in [-0.2, -0.15) is 0 Å². The molecule has 0 aromatic heterocycles. The minimum Gasteiger partial charge on any atom is -0.314 e. The van der Waals surface area contributed by atoms with Crippen molar-refractivity contribution in [3.63, 3.8) is 0 Å². The van der Waals surface area contributed by atoms with Crippen molar-refractivity contribution in [3.8, 4) is 0 Å². The Morgan fingerprint density at radius 2 is 1.89 bits per heavy atom. The van der Waals surface area contributed by atoms with E-state index in [1.807, 2.05) is 0 Å². The average Bonchev–Trinajstić information content (AvgIpc) is 2.43. The van der Waals surface area contributed by atoms with Gasteiger partial charge >= 0.3 is 0 Å². The number of piperazine rings is 1. The van der Waals surface area contributed by atoms with Crippen molar-refractivity contribution in [2.45, 2.75) is 13.0 Å². The zero-order chi connectivity index (χ0) is 13.7. The first-order valence-corrected chi connectivity index (χ1v) is 7.86. The summed E-state index contributed by atoms with van der Waals surface area (Å²) in [6, 6.07) is 9.08. The van der Waals surface area contributed by atoms with Gasteiger partial charge in [0.25, 0.3) is 0 Å². The van der Waals surface area contributed by atoms with Gasteiger partial charge < -0.3 is 15.5 Å². The van der Waals surface area contributed by atoms with Crippen molar-refractivity contribution in [3.05, 3.63) is 34.3 Å². The average molecular weight is 326 g/mol. The highest BCUT2D eigenvalue weighted by Gasteiger charge is 2.21. The van der Waals surface area contributed by atoms with Crippen LogP contribution in [0, 0.1) is 5.92 Å². The normalized spacial score (nSPS) is 20.2. The van der Waals surface area contributed by atoms with E-state index in [0.717, 1.165) is 24.1 Å². The van der Waals surface area contributed by atoms with Crippen LogP contribution in [0.15, 0.2) is 28.7 Å². The van der Waals surface area contributed by atoms with E-state index in [0.29, 0.717) is 12.0 Å². The molecule has 0 radical (unpaired) electrons. The van der Waals surface area contributed by atoms with E-state index in [1.54, 1.807) is 0 Å². The zero-order valence-corrected chi connectivity index (χ0v) is 13.4. The van der Waals surface area contributed by atoms with Gasteiger partial charge in [-0.15, -0.1) is 0 Å². The van der Waals surface area contributed by atoms with Gasteiger partial charge in [-0.3, -0.25) is 0 Å². The predicted octanol–water partition coefficient (Wildman–Crippen LogP) is 2.25. The third kappa shape index (κ3) is 4.28. The summed E-state index contributed by atoms with van der Waals surface area (Å²) >= 11 is 3.50. The minimum absolute atomic E-state index is 0.419. The Hall–Kier alpha value is -0.420. The first kappa shape index (κ1) is 15.0. The molecule has 2 unspecified atom stereocenters. The van der Waals surface area contributed by atoms with Crippen molar-refractivity contribution in [1.82, 2.24) is 15.5 Å². The van der Waals surface area contributed by atoms with Crippen molar-refractivity contribution in [2.24, 2.45) is 5.92 Å². The number of nitrogens with zero attached hydrogens (tertiary/aromatic N) is 1. The van der Waals surface area contributed by atoms with Gasteiger partial charge in [-0.1, -0.05) is 35.0 Å². The minimum atomic E-state index is 0.419. The Morgan fingerprint density at radius 3 is 2.47 bits per heavy atom. The third-order valence-electron chi connectivity index (χ3n) is 3.86. The lowest BCUT2D eigenvalue weighted by Crippen LogP contribution is -2.46. The van der Waals surface area contributed by atoms with Crippen LogP contribution in [0.4, 0.5) is 0 Å². The van der Waals surface area contributed by atoms with Crippen LogP contribution in [-0.2, 0) is 0 Å². The maximum atomic E-state index is 3.50. The fraction of sp³-hybridized carbons (Fsp3) is 0.600. The van der Waals surface area contributed by atoms with E-state index >= 15 is 0 Å². The molecule has 0 aliphatic carbocycles. The molecule has 3 nitrogen and oxygen atoms in total. The summed E-state index contributed by atoms with van der Waals surface area (Å²) in [5, 5.41) is 6.88. The van der Waals surface area contributed by atoms with Gasteiger partial charge in [-0.05, 0) is 30.7 Å². The van der Waals surface area contributed by atoms with Crippen molar-refractivity contribution < 1.29 is 0 Å². The largest absolute Gasteiger partial charge is 0.314 e. The highest BCUT2D eigenvalue weighted by molar-refractivity contribution is 9.10. The van der Waals surface area contributed by atoms with E-state index in [9.17, 15) is 0 Å². The number of nitrogens with one attached hydrogen (secondary N) is 2. The summed E-state index contributed by atoms with van der Waals surface area (Å²) in [4.78, 5) is 2.56. The molecule has 0 bridgehead atoms. The van der Waals surface area contributed by atoms with Crippen LogP contribution in [0.2, 0.25) is 0 Å². The van der Waals surface area contributed by atoms with Crippen LogP contribution in [-0.4, -0.2) is 44.7 Å². The van der Waals surface area contributed by atoms with E-state index < -0.39 is 0 Å². The Bertz CT molecular complexity index is 373. The second-order valence-corrected chi connectivity index (χ2v) is 6.26. The zero-order valence-electron chi connectivity index (χ0n) is 11.8. The lowest BCUT2D eigenvalue weighted by atomic mass is 9.94.